The van der Waals surface area contributed by atoms with Gasteiger partial charge in [-0.25, -0.2) is 13.6 Å². The molecule has 7 nitrogen and oxygen atoms in total. The van der Waals surface area contributed by atoms with Crippen LogP contribution < -0.4 is 15.5 Å². The van der Waals surface area contributed by atoms with Crippen molar-refractivity contribution in [2.45, 2.75) is 11.7 Å². The SMILES string of the molecule is NS(=O)(=O)C1CC(=O)N(c2cccc(B(O)O)c2)C1. The van der Waals surface area contributed by atoms with E-state index in [1.54, 1.807) is 12.1 Å². The van der Waals surface area contributed by atoms with Crippen molar-refractivity contribution in [3.63, 3.8) is 0 Å². The van der Waals surface area contributed by atoms with Crippen molar-refractivity contribution in [2.24, 2.45) is 5.14 Å². The van der Waals surface area contributed by atoms with Crippen LogP contribution in [0.15, 0.2) is 24.3 Å². The number of hydrogen-bond donors (Lipinski definition) is 3. The highest BCUT2D eigenvalue weighted by Crippen LogP contribution is 2.23. The molecule has 9 heteroatoms. The number of benzene rings is 1. The van der Waals surface area contributed by atoms with E-state index in [1.807, 2.05) is 0 Å². The summed E-state index contributed by atoms with van der Waals surface area (Å²) in [4.78, 5) is 13.1. The molecule has 1 fully saturated rings. The zero-order valence-electron chi connectivity index (χ0n) is 9.93. The number of anilines is 1. The molecule has 1 amide bonds. The highest BCUT2D eigenvalue weighted by molar-refractivity contribution is 7.89. The zero-order valence-corrected chi connectivity index (χ0v) is 10.7. The molecule has 1 aliphatic heterocycles. The molecule has 0 saturated carbocycles. The lowest BCUT2D eigenvalue weighted by Crippen LogP contribution is -2.34. The van der Waals surface area contributed by atoms with Gasteiger partial charge in [0, 0.05) is 18.7 Å². The predicted octanol–water partition coefficient (Wildman–Crippen LogP) is -2.24. The van der Waals surface area contributed by atoms with Crippen LogP contribution in [0.5, 0.6) is 0 Å². The van der Waals surface area contributed by atoms with Crippen LogP contribution >= 0.6 is 0 Å². The standard InChI is InChI=1S/C10H13BN2O5S/c12-19(17,18)9-5-10(14)13(6-9)8-3-1-2-7(4-8)11(15)16/h1-4,9,15-16H,5-6H2,(H2,12,17,18). The summed E-state index contributed by atoms with van der Waals surface area (Å²) in [6.45, 7) is -0.0252. The molecule has 1 aromatic rings. The van der Waals surface area contributed by atoms with Crippen LogP contribution in [0.1, 0.15) is 6.42 Å². The van der Waals surface area contributed by atoms with Crippen molar-refractivity contribution < 1.29 is 23.3 Å². The molecule has 4 N–H and O–H groups in total. The van der Waals surface area contributed by atoms with Gasteiger partial charge in [-0.2, -0.15) is 0 Å². The van der Waals surface area contributed by atoms with Gasteiger partial charge < -0.3 is 14.9 Å². The van der Waals surface area contributed by atoms with Crippen LogP contribution in [0.3, 0.4) is 0 Å². The van der Waals surface area contributed by atoms with Crippen molar-refractivity contribution in [3.05, 3.63) is 24.3 Å². The molecule has 0 aromatic heterocycles. The van der Waals surface area contributed by atoms with Gasteiger partial charge in [0.2, 0.25) is 15.9 Å². The molecule has 2 rings (SSSR count). The molecule has 1 unspecified atom stereocenters. The van der Waals surface area contributed by atoms with E-state index in [-0.39, 0.29) is 24.3 Å². The first-order valence-corrected chi connectivity index (χ1v) is 7.18. The summed E-state index contributed by atoms with van der Waals surface area (Å²) in [6.07, 6.45) is -0.162. The molecule has 1 aliphatic rings. The summed E-state index contributed by atoms with van der Waals surface area (Å²) < 4.78 is 22.5. The quantitative estimate of drug-likeness (QED) is 0.542. The van der Waals surface area contributed by atoms with E-state index in [9.17, 15) is 13.2 Å². The molecule has 0 aliphatic carbocycles. The van der Waals surface area contributed by atoms with Crippen LogP contribution in [0, 0.1) is 0 Å². The van der Waals surface area contributed by atoms with Crippen LogP contribution in [0.2, 0.25) is 0 Å². The van der Waals surface area contributed by atoms with Gasteiger partial charge in [0.05, 0.1) is 0 Å². The van der Waals surface area contributed by atoms with Crippen molar-refractivity contribution in [3.8, 4) is 0 Å². The van der Waals surface area contributed by atoms with Crippen molar-refractivity contribution in [2.75, 3.05) is 11.4 Å². The minimum Gasteiger partial charge on any atom is -0.423 e. The summed E-state index contributed by atoms with van der Waals surface area (Å²) in [6, 6.07) is 6.07. The minimum absolute atomic E-state index is 0.0252. The van der Waals surface area contributed by atoms with E-state index in [4.69, 9.17) is 15.2 Å². The largest absolute Gasteiger partial charge is 0.488 e. The molecule has 19 heavy (non-hydrogen) atoms. The van der Waals surface area contributed by atoms with Crippen molar-refractivity contribution >= 4 is 34.2 Å². The van der Waals surface area contributed by atoms with E-state index < -0.39 is 22.4 Å². The number of carbonyl (C=O) groups is 1. The number of hydrogen-bond acceptors (Lipinski definition) is 5. The summed E-state index contributed by atoms with van der Waals surface area (Å²) in [5.74, 6) is -0.358. The Bertz CT molecular complexity index is 604. The maximum atomic E-state index is 11.8. The first-order valence-electron chi connectivity index (χ1n) is 5.57. The molecule has 0 radical (unpaired) electrons. The maximum Gasteiger partial charge on any atom is 0.488 e. The topological polar surface area (TPSA) is 121 Å². The molecule has 1 aromatic carbocycles. The zero-order chi connectivity index (χ0) is 14.2. The molecule has 0 spiro atoms. The summed E-state index contributed by atoms with van der Waals surface area (Å²) in [5, 5.41) is 22.3. The number of primary sulfonamides is 1. The Morgan fingerprint density at radius 2 is 2.05 bits per heavy atom. The molecule has 1 heterocycles. The van der Waals surface area contributed by atoms with E-state index in [0.29, 0.717) is 5.69 Å². The second-order valence-corrected chi connectivity index (χ2v) is 6.23. The van der Waals surface area contributed by atoms with Gasteiger partial charge in [0.15, 0.2) is 0 Å². The first kappa shape index (κ1) is 14.0. The number of rotatable bonds is 3. The summed E-state index contributed by atoms with van der Waals surface area (Å²) in [7, 11) is -5.41. The second kappa shape index (κ2) is 4.93. The average Bonchev–Trinajstić information content (AvgIpc) is 2.71. The third kappa shape index (κ3) is 2.95. The van der Waals surface area contributed by atoms with Gasteiger partial charge in [-0.15, -0.1) is 0 Å². The van der Waals surface area contributed by atoms with Gasteiger partial charge in [-0.3, -0.25) is 4.79 Å². The molecular formula is C10H13BN2O5S. The molecule has 102 valence electrons. The first-order chi connectivity index (χ1) is 8.79. The molecule has 1 saturated heterocycles. The third-order valence-corrected chi connectivity index (χ3v) is 4.28. The fourth-order valence-electron chi connectivity index (χ4n) is 2.00. The number of carbonyl (C=O) groups excluding carboxylic acids is 1. The fraction of sp³-hybridized carbons (Fsp3) is 0.300. The smallest absolute Gasteiger partial charge is 0.423 e. The van der Waals surface area contributed by atoms with Gasteiger partial charge >= 0.3 is 7.12 Å². The van der Waals surface area contributed by atoms with Crippen molar-refractivity contribution in [1.82, 2.24) is 0 Å². The Morgan fingerprint density at radius 1 is 1.37 bits per heavy atom. The van der Waals surface area contributed by atoms with Crippen LogP contribution in [0.4, 0.5) is 5.69 Å². The lowest BCUT2D eigenvalue weighted by molar-refractivity contribution is -0.117. The summed E-state index contributed by atoms with van der Waals surface area (Å²) in [5.41, 5.74) is 0.645. The average molecular weight is 284 g/mol. The van der Waals surface area contributed by atoms with Gasteiger partial charge in [0.1, 0.15) is 5.25 Å². The molecule has 0 bridgehead atoms. The summed E-state index contributed by atoms with van der Waals surface area (Å²) >= 11 is 0. The highest BCUT2D eigenvalue weighted by Gasteiger charge is 2.37. The number of amides is 1. The van der Waals surface area contributed by atoms with Crippen molar-refractivity contribution in [1.29, 1.82) is 0 Å². The van der Waals surface area contributed by atoms with E-state index in [2.05, 4.69) is 0 Å². The Labute approximate surface area is 110 Å². The lowest BCUT2D eigenvalue weighted by Gasteiger charge is -2.17. The Morgan fingerprint density at radius 3 is 2.58 bits per heavy atom. The normalized spacial score (nSPS) is 19.8. The maximum absolute atomic E-state index is 11.8. The van der Waals surface area contributed by atoms with Gasteiger partial charge in [0.25, 0.3) is 0 Å². The van der Waals surface area contributed by atoms with Crippen LogP contribution in [0.25, 0.3) is 0 Å². The molecular weight excluding hydrogens is 271 g/mol. The highest BCUT2D eigenvalue weighted by atomic mass is 32.2. The van der Waals surface area contributed by atoms with E-state index in [1.165, 1.54) is 17.0 Å². The lowest BCUT2D eigenvalue weighted by atomic mass is 9.80. The van der Waals surface area contributed by atoms with E-state index in [0.717, 1.165) is 0 Å². The monoisotopic (exact) mass is 284 g/mol. The Kier molecular flexibility index (Phi) is 3.63. The number of nitrogens with two attached hydrogens (primary N) is 1. The Balaban J connectivity index is 2.28. The number of sulfonamides is 1. The second-order valence-electron chi connectivity index (χ2n) is 4.39. The Hall–Kier alpha value is -1.42. The minimum atomic E-state index is -3.76. The predicted molar refractivity (Wildman–Crippen MR) is 70.1 cm³/mol. The van der Waals surface area contributed by atoms with Crippen LogP contribution in [-0.4, -0.2) is 43.3 Å². The third-order valence-electron chi connectivity index (χ3n) is 3.03. The molecule has 1 atom stereocenters. The van der Waals surface area contributed by atoms with Crippen LogP contribution in [-0.2, 0) is 14.8 Å². The van der Waals surface area contributed by atoms with Gasteiger partial charge in [-0.1, -0.05) is 12.1 Å². The number of nitrogens with zero attached hydrogens (tertiary/aromatic N) is 1. The van der Waals surface area contributed by atoms with E-state index >= 15 is 0 Å². The van der Waals surface area contributed by atoms with Gasteiger partial charge in [-0.05, 0) is 17.6 Å². The fourth-order valence-corrected chi connectivity index (χ4v) is 2.73.